The molecule has 0 aliphatic heterocycles. The molecule has 2 rings (SSSR count). The van der Waals surface area contributed by atoms with Gasteiger partial charge in [0.25, 0.3) is 11.8 Å². The number of hydrogen-bond donors (Lipinski definition) is 2. The Morgan fingerprint density at radius 1 is 0.968 bits per heavy atom. The van der Waals surface area contributed by atoms with Gasteiger partial charge in [-0.2, -0.15) is 0 Å². The number of rotatable bonds is 9. The summed E-state index contributed by atoms with van der Waals surface area (Å²) in [5, 5.41) is 5.92. The van der Waals surface area contributed by atoms with Crippen LogP contribution < -0.4 is 20.1 Å². The molecule has 0 bridgehead atoms. The topological polar surface area (TPSA) is 76.7 Å². The summed E-state index contributed by atoms with van der Waals surface area (Å²) in [6.07, 6.45) is 0.798. The van der Waals surface area contributed by atoms with Crippen LogP contribution in [0.2, 0.25) is 0 Å². The Morgan fingerprint density at radius 3 is 2.23 bits per heavy atom. The lowest BCUT2D eigenvalue weighted by molar-refractivity contribution is -0.123. The van der Waals surface area contributed by atoms with Crippen molar-refractivity contribution in [3.63, 3.8) is 0 Å². The first-order chi connectivity index (χ1) is 14.6. The third kappa shape index (κ3) is 7.96. The van der Waals surface area contributed by atoms with Crippen molar-refractivity contribution in [3.05, 3.63) is 59.7 Å². The summed E-state index contributed by atoms with van der Waals surface area (Å²) >= 11 is 0. The van der Waals surface area contributed by atoms with Gasteiger partial charge in [-0.15, -0.1) is 0 Å². The summed E-state index contributed by atoms with van der Waals surface area (Å²) in [6, 6.07) is 14.8. The van der Waals surface area contributed by atoms with Gasteiger partial charge < -0.3 is 20.1 Å². The molecule has 6 heteroatoms. The van der Waals surface area contributed by atoms with Crippen LogP contribution in [0.25, 0.3) is 0 Å². The quantitative estimate of drug-likeness (QED) is 0.619. The predicted molar refractivity (Wildman–Crippen MR) is 122 cm³/mol. The largest absolute Gasteiger partial charge is 0.493 e. The van der Waals surface area contributed by atoms with Gasteiger partial charge in [0.15, 0.2) is 18.1 Å². The van der Waals surface area contributed by atoms with Crippen LogP contribution in [-0.2, 0) is 4.79 Å². The standard InChI is InChI=1S/C25H34N2O4/c1-17(2)26-23(28)16-31-21-13-12-19(14-22(21)30-6)24(29)27-20(15-25(3,4)5)18-10-8-7-9-11-18/h7-14,17,20H,15-16H2,1-6H3,(H,26,28)(H,27,29). The molecule has 31 heavy (non-hydrogen) atoms. The van der Waals surface area contributed by atoms with Crippen molar-refractivity contribution in [2.45, 2.75) is 53.1 Å². The fourth-order valence-corrected chi connectivity index (χ4v) is 3.23. The summed E-state index contributed by atoms with van der Waals surface area (Å²) in [5.74, 6) is 0.400. The van der Waals surface area contributed by atoms with E-state index in [2.05, 4.69) is 31.4 Å². The molecule has 0 saturated carbocycles. The molecule has 1 atom stereocenters. The molecule has 2 N–H and O–H groups in total. The van der Waals surface area contributed by atoms with Crippen LogP contribution in [0.15, 0.2) is 48.5 Å². The Balaban J connectivity index is 2.15. The zero-order valence-corrected chi connectivity index (χ0v) is 19.3. The van der Waals surface area contributed by atoms with Gasteiger partial charge in [-0.05, 0) is 49.4 Å². The Morgan fingerprint density at radius 2 is 1.65 bits per heavy atom. The summed E-state index contributed by atoms with van der Waals surface area (Å²) < 4.78 is 11.0. The fraction of sp³-hybridized carbons (Fsp3) is 0.440. The van der Waals surface area contributed by atoms with E-state index in [1.54, 1.807) is 18.2 Å². The second-order valence-corrected chi connectivity index (χ2v) is 9.08. The highest BCUT2D eigenvalue weighted by molar-refractivity contribution is 5.95. The average molecular weight is 427 g/mol. The molecule has 0 aliphatic rings. The highest BCUT2D eigenvalue weighted by atomic mass is 16.5. The van der Waals surface area contributed by atoms with E-state index in [1.807, 2.05) is 44.2 Å². The molecule has 0 aromatic heterocycles. The molecule has 0 spiro atoms. The van der Waals surface area contributed by atoms with Crippen molar-refractivity contribution >= 4 is 11.8 Å². The maximum atomic E-state index is 13.0. The van der Waals surface area contributed by atoms with Crippen molar-refractivity contribution in [1.82, 2.24) is 10.6 Å². The van der Waals surface area contributed by atoms with Crippen LogP contribution in [0.4, 0.5) is 0 Å². The fourth-order valence-electron chi connectivity index (χ4n) is 3.23. The van der Waals surface area contributed by atoms with Gasteiger partial charge in [0.2, 0.25) is 0 Å². The highest BCUT2D eigenvalue weighted by Gasteiger charge is 2.23. The molecule has 168 valence electrons. The number of carbonyl (C=O) groups is 2. The van der Waals surface area contributed by atoms with Gasteiger partial charge >= 0.3 is 0 Å². The Kier molecular flexibility index (Phi) is 8.48. The average Bonchev–Trinajstić information content (AvgIpc) is 2.70. The van der Waals surface area contributed by atoms with Crippen LogP contribution >= 0.6 is 0 Å². The third-order valence-electron chi connectivity index (χ3n) is 4.56. The number of hydrogen-bond acceptors (Lipinski definition) is 4. The first-order valence-corrected chi connectivity index (χ1v) is 10.5. The number of carbonyl (C=O) groups excluding carboxylic acids is 2. The van der Waals surface area contributed by atoms with Gasteiger partial charge in [0, 0.05) is 11.6 Å². The molecule has 0 fully saturated rings. The smallest absolute Gasteiger partial charge is 0.258 e. The van der Waals surface area contributed by atoms with Crippen molar-refractivity contribution in [2.24, 2.45) is 5.41 Å². The van der Waals surface area contributed by atoms with Crippen LogP contribution in [0.5, 0.6) is 11.5 Å². The second kappa shape index (κ2) is 10.8. The SMILES string of the molecule is COc1cc(C(=O)NC(CC(C)(C)C)c2ccccc2)ccc1OCC(=O)NC(C)C. The normalized spacial score (nSPS) is 12.2. The van der Waals surface area contributed by atoms with E-state index in [4.69, 9.17) is 9.47 Å². The van der Waals surface area contributed by atoms with Crippen LogP contribution in [0, 0.1) is 5.41 Å². The minimum absolute atomic E-state index is 0.0368. The van der Waals surface area contributed by atoms with Gasteiger partial charge in [-0.25, -0.2) is 0 Å². The van der Waals surface area contributed by atoms with Gasteiger partial charge in [-0.3, -0.25) is 9.59 Å². The lowest BCUT2D eigenvalue weighted by Crippen LogP contribution is -2.34. The van der Waals surface area contributed by atoms with E-state index in [1.165, 1.54) is 7.11 Å². The lowest BCUT2D eigenvalue weighted by atomic mass is 9.85. The number of nitrogens with one attached hydrogen (secondary N) is 2. The number of ether oxygens (including phenoxy) is 2. The molecular formula is C25H34N2O4. The summed E-state index contributed by atoms with van der Waals surface area (Å²) in [5.41, 5.74) is 1.57. The Hall–Kier alpha value is -3.02. The minimum Gasteiger partial charge on any atom is -0.493 e. The number of benzene rings is 2. The van der Waals surface area contributed by atoms with Crippen molar-refractivity contribution in [1.29, 1.82) is 0 Å². The van der Waals surface area contributed by atoms with E-state index in [0.29, 0.717) is 17.1 Å². The maximum absolute atomic E-state index is 13.0. The molecule has 2 aromatic rings. The van der Waals surface area contributed by atoms with Gasteiger partial charge in [-0.1, -0.05) is 51.1 Å². The minimum atomic E-state index is -0.216. The maximum Gasteiger partial charge on any atom is 0.258 e. The van der Waals surface area contributed by atoms with E-state index in [9.17, 15) is 9.59 Å². The first kappa shape index (κ1) is 24.3. The molecule has 2 amide bonds. The van der Waals surface area contributed by atoms with Crippen LogP contribution in [0.3, 0.4) is 0 Å². The summed E-state index contributed by atoms with van der Waals surface area (Å²) in [4.78, 5) is 24.8. The van der Waals surface area contributed by atoms with Crippen molar-refractivity contribution in [3.8, 4) is 11.5 Å². The third-order valence-corrected chi connectivity index (χ3v) is 4.56. The molecule has 0 radical (unpaired) electrons. The predicted octanol–water partition coefficient (Wildman–Crippen LogP) is 4.51. The molecule has 0 aliphatic carbocycles. The highest BCUT2D eigenvalue weighted by Crippen LogP contribution is 2.31. The van der Waals surface area contributed by atoms with E-state index in [0.717, 1.165) is 12.0 Å². The number of amides is 2. The zero-order valence-electron chi connectivity index (χ0n) is 19.3. The number of methoxy groups -OCH3 is 1. The molecule has 0 heterocycles. The molecule has 0 saturated heterocycles. The van der Waals surface area contributed by atoms with Crippen molar-refractivity contribution in [2.75, 3.05) is 13.7 Å². The van der Waals surface area contributed by atoms with E-state index >= 15 is 0 Å². The Bertz CT molecular complexity index is 873. The first-order valence-electron chi connectivity index (χ1n) is 10.5. The zero-order chi connectivity index (χ0) is 23.0. The summed E-state index contributed by atoms with van der Waals surface area (Å²) in [7, 11) is 1.50. The van der Waals surface area contributed by atoms with Crippen molar-refractivity contribution < 1.29 is 19.1 Å². The van der Waals surface area contributed by atoms with E-state index in [-0.39, 0.29) is 35.9 Å². The monoisotopic (exact) mass is 426 g/mol. The second-order valence-electron chi connectivity index (χ2n) is 9.08. The molecule has 1 unspecified atom stereocenters. The van der Waals surface area contributed by atoms with Gasteiger partial charge in [0.05, 0.1) is 13.2 Å². The lowest BCUT2D eigenvalue weighted by Gasteiger charge is -2.27. The van der Waals surface area contributed by atoms with Crippen LogP contribution in [-0.4, -0.2) is 31.6 Å². The molecule has 2 aromatic carbocycles. The Labute approximate surface area is 185 Å². The molecular weight excluding hydrogens is 392 g/mol. The molecule has 6 nitrogen and oxygen atoms in total. The van der Waals surface area contributed by atoms with Crippen LogP contribution in [0.1, 0.15) is 63.0 Å². The van der Waals surface area contributed by atoms with Gasteiger partial charge in [0.1, 0.15) is 0 Å². The van der Waals surface area contributed by atoms with E-state index < -0.39 is 0 Å². The summed E-state index contributed by atoms with van der Waals surface area (Å²) in [6.45, 7) is 10.1.